The first-order chi connectivity index (χ1) is 12.0. The molecule has 0 aromatic heterocycles. The summed E-state index contributed by atoms with van der Waals surface area (Å²) in [6.07, 6.45) is 0. The molecule has 0 spiro atoms. The smallest absolute Gasteiger partial charge is 0.0384 e. The number of anilines is 2. The third-order valence-electron chi connectivity index (χ3n) is 4.97. The predicted molar refractivity (Wildman–Crippen MR) is 109 cm³/mol. The summed E-state index contributed by atoms with van der Waals surface area (Å²) in [5.74, 6) is 0.563. The Morgan fingerprint density at radius 3 is 1.64 bits per heavy atom. The van der Waals surface area contributed by atoms with Gasteiger partial charge in [0, 0.05) is 16.8 Å². The van der Waals surface area contributed by atoms with E-state index in [4.69, 9.17) is 0 Å². The fraction of sp³-hybridized carbons (Fsp3) is 0.250. The Morgan fingerprint density at radius 2 is 1.12 bits per heavy atom. The molecular weight excluding hydrogens is 302 g/mol. The first-order valence-electron chi connectivity index (χ1n) is 9.00. The van der Waals surface area contributed by atoms with Crippen molar-refractivity contribution in [2.75, 3.05) is 5.32 Å². The van der Waals surface area contributed by atoms with Gasteiger partial charge in [-0.2, -0.15) is 0 Å². The Balaban J connectivity index is 1.76. The van der Waals surface area contributed by atoms with Crippen LogP contribution in [0.15, 0.2) is 78.9 Å². The van der Waals surface area contributed by atoms with Crippen molar-refractivity contribution in [2.45, 2.75) is 39.0 Å². The highest BCUT2D eigenvalue weighted by atomic mass is 14.9. The van der Waals surface area contributed by atoms with Crippen molar-refractivity contribution in [2.24, 2.45) is 0 Å². The van der Waals surface area contributed by atoms with Crippen LogP contribution in [0.25, 0.3) is 0 Å². The normalized spacial score (nSPS) is 11.6. The van der Waals surface area contributed by atoms with Crippen LogP contribution in [0.4, 0.5) is 11.4 Å². The van der Waals surface area contributed by atoms with Gasteiger partial charge in [0.25, 0.3) is 0 Å². The van der Waals surface area contributed by atoms with E-state index in [1.165, 1.54) is 16.7 Å². The van der Waals surface area contributed by atoms with Crippen molar-refractivity contribution in [3.05, 3.63) is 95.6 Å². The second-order valence-electron chi connectivity index (χ2n) is 7.47. The van der Waals surface area contributed by atoms with Gasteiger partial charge in [0.05, 0.1) is 0 Å². The Labute approximate surface area is 151 Å². The highest BCUT2D eigenvalue weighted by Crippen LogP contribution is 2.32. The monoisotopic (exact) mass is 329 g/mol. The second kappa shape index (κ2) is 7.14. The van der Waals surface area contributed by atoms with Crippen LogP contribution in [-0.2, 0) is 5.41 Å². The molecule has 0 aliphatic heterocycles. The van der Waals surface area contributed by atoms with Crippen molar-refractivity contribution in [3.63, 3.8) is 0 Å². The lowest BCUT2D eigenvalue weighted by atomic mass is 9.78. The van der Waals surface area contributed by atoms with Crippen molar-refractivity contribution in [1.82, 2.24) is 0 Å². The summed E-state index contributed by atoms with van der Waals surface area (Å²) in [6, 6.07) is 28.1. The molecule has 1 nitrogen and oxygen atoms in total. The lowest BCUT2D eigenvalue weighted by Gasteiger charge is -2.26. The maximum absolute atomic E-state index is 3.49. The van der Waals surface area contributed by atoms with Crippen LogP contribution < -0.4 is 5.32 Å². The molecule has 3 aromatic carbocycles. The number of hydrogen-bond donors (Lipinski definition) is 1. The van der Waals surface area contributed by atoms with Gasteiger partial charge in [-0.25, -0.2) is 0 Å². The third-order valence-corrected chi connectivity index (χ3v) is 4.97. The maximum atomic E-state index is 3.49. The quantitative estimate of drug-likeness (QED) is 0.538. The van der Waals surface area contributed by atoms with Crippen LogP contribution in [0, 0.1) is 0 Å². The summed E-state index contributed by atoms with van der Waals surface area (Å²) in [7, 11) is 0. The van der Waals surface area contributed by atoms with Gasteiger partial charge in [-0.1, -0.05) is 82.3 Å². The minimum Gasteiger partial charge on any atom is -0.356 e. The molecule has 128 valence electrons. The molecule has 3 rings (SSSR count). The molecule has 0 fully saturated rings. The van der Waals surface area contributed by atoms with Gasteiger partial charge >= 0.3 is 0 Å². The Morgan fingerprint density at radius 1 is 0.640 bits per heavy atom. The molecule has 0 amide bonds. The SMILES string of the molecule is CC(C)c1ccc(Nc2ccc(C(C)(C)c3ccccc3)cc2)cc1. The number of nitrogens with one attached hydrogen (secondary N) is 1. The van der Waals surface area contributed by atoms with E-state index in [0.29, 0.717) is 5.92 Å². The third kappa shape index (κ3) is 3.93. The summed E-state index contributed by atoms with van der Waals surface area (Å²) >= 11 is 0. The molecule has 0 saturated heterocycles. The molecule has 0 aliphatic carbocycles. The Hall–Kier alpha value is -2.54. The molecule has 1 heteroatoms. The van der Waals surface area contributed by atoms with E-state index in [2.05, 4.69) is 112 Å². The molecule has 0 atom stereocenters. The summed E-state index contributed by atoms with van der Waals surface area (Å²) in [5.41, 5.74) is 6.26. The lowest BCUT2D eigenvalue weighted by molar-refractivity contribution is 0.641. The highest BCUT2D eigenvalue weighted by Gasteiger charge is 2.22. The number of benzene rings is 3. The zero-order chi connectivity index (χ0) is 17.9. The maximum Gasteiger partial charge on any atom is 0.0384 e. The van der Waals surface area contributed by atoms with E-state index in [1.54, 1.807) is 0 Å². The Bertz CT molecular complexity index is 797. The van der Waals surface area contributed by atoms with Crippen LogP contribution >= 0.6 is 0 Å². The van der Waals surface area contributed by atoms with E-state index in [0.717, 1.165) is 11.4 Å². The zero-order valence-electron chi connectivity index (χ0n) is 15.6. The van der Waals surface area contributed by atoms with Gasteiger partial charge < -0.3 is 5.32 Å². The van der Waals surface area contributed by atoms with Gasteiger partial charge in [0.15, 0.2) is 0 Å². The van der Waals surface area contributed by atoms with Gasteiger partial charge in [-0.15, -0.1) is 0 Å². The van der Waals surface area contributed by atoms with Gasteiger partial charge in [0.1, 0.15) is 0 Å². The lowest BCUT2D eigenvalue weighted by Crippen LogP contribution is -2.18. The van der Waals surface area contributed by atoms with Crippen LogP contribution in [0.2, 0.25) is 0 Å². The first-order valence-corrected chi connectivity index (χ1v) is 9.00. The minimum atomic E-state index is -0.00129. The number of hydrogen-bond acceptors (Lipinski definition) is 1. The molecule has 0 saturated carbocycles. The molecule has 1 N–H and O–H groups in total. The van der Waals surface area contributed by atoms with Crippen LogP contribution in [-0.4, -0.2) is 0 Å². The molecule has 0 unspecified atom stereocenters. The minimum absolute atomic E-state index is 0.00129. The van der Waals surface area contributed by atoms with Crippen LogP contribution in [0.5, 0.6) is 0 Å². The molecule has 0 aliphatic rings. The van der Waals surface area contributed by atoms with Gasteiger partial charge in [-0.05, 0) is 46.9 Å². The van der Waals surface area contributed by atoms with Crippen molar-refractivity contribution >= 4 is 11.4 Å². The summed E-state index contributed by atoms with van der Waals surface area (Å²) in [4.78, 5) is 0. The zero-order valence-corrected chi connectivity index (χ0v) is 15.6. The molecular formula is C24H27N. The average Bonchev–Trinajstić information content (AvgIpc) is 2.63. The fourth-order valence-corrected chi connectivity index (χ4v) is 3.11. The summed E-state index contributed by atoms with van der Waals surface area (Å²) in [5, 5.41) is 3.49. The van der Waals surface area contributed by atoms with Crippen molar-refractivity contribution in [1.29, 1.82) is 0 Å². The van der Waals surface area contributed by atoms with E-state index in [9.17, 15) is 0 Å². The van der Waals surface area contributed by atoms with E-state index >= 15 is 0 Å². The van der Waals surface area contributed by atoms with Crippen LogP contribution in [0.1, 0.15) is 50.3 Å². The van der Waals surface area contributed by atoms with Crippen LogP contribution in [0.3, 0.4) is 0 Å². The fourth-order valence-electron chi connectivity index (χ4n) is 3.11. The van der Waals surface area contributed by atoms with E-state index in [-0.39, 0.29) is 5.41 Å². The Kier molecular flexibility index (Phi) is 4.94. The van der Waals surface area contributed by atoms with Crippen molar-refractivity contribution in [3.8, 4) is 0 Å². The second-order valence-corrected chi connectivity index (χ2v) is 7.47. The average molecular weight is 329 g/mol. The van der Waals surface area contributed by atoms with Crippen molar-refractivity contribution < 1.29 is 0 Å². The molecule has 3 aromatic rings. The first kappa shape index (κ1) is 17.3. The highest BCUT2D eigenvalue weighted by molar-refractivity contribution is 5.60. The van der Waals surface area contributed by atoms with Gasteiger partial charge in [0.2, 0.25) is 0 Å². The largest absolute Gasteiger partial charge is 0.356 e. The predicted octanol–water partition coefficient (Wildman–Crippen LogP) is 6.88. The molecule has 0 bridgehead atoms. The van der Waals surface area contributed by atoms with E-state index < -0.39 is 0 Å². The molecule has 25 heavy (non-hydrogen) atoms. The molecule has 0 radical (unpaired) electrons. The number of rotatable bonds is 5. The summed E-state index contributed by atoms with van der Waals surface area (Å²) < 4.78 is 0. The summed E-state index contributed by atoms with van der Waals surface area (Å²) in [6.45, 7) is 8.98. The standard InChI is InChI=1S/C24H27N/c1-18(2)19-10-14-22(15-11-19)25-23-16-12-21(13-17-23)24(3,4)20-8-6-5-7-9-20/h5-18,25H,1-4H3. The topological polar surface area (TPSA) is 12.0 Å². The van der Waals surface area contributed by atoms with E-state index in [1.807, 2.05) is 0 Å². The molecule has 0 heterocycles. The van der Waals surface area contributed by atoms with Gasteiger partial charge in [-0.3, -0.25) is 0 Å².